The second-order valence-electron chi connectivity index (χ2n) is 2.68. The third-order valence-corrected chi connectivity index (χ3v) is 1.08. The highest BCUT2D eigenvalue weighted by atomic mass is 14.0. The first kappa shape index (κ1) is 7.74. The Morgan fingerprint density at radius 3 is 2.12 bits per heavy atom. The van der Waals surface area contributed by atoms with E-state index in [4.69, 9.17) is 0 Å². The second kappa shape index (κ2) is 3.71. The fourth-order valence-electron chi connectivity index (χ4n) is 0.493. The van der Waals surface area contributed by atoms with Crippen LogP contribution in [0.25, 0.3) is 0 Å². The quantitative estimate of drug-likeness (QED) is 0.525. The summed E-state index contributed by atoms with van der Waals surface area (Å²) in [5.74, 6) is 0.786. The van der Waals surface area contributed by atoms with Crippen LogP contribution < -0.4 is 0 Å². The van der Waals surface area contributed by atoms with E-state index in [-0.39, 0.29) is 0 Å². The first-order valence-corrected chi connectivity index (χ1v) is 3.12. The Balaban J connectivity index is 3.05. The van der Waals surface area contributed by atoms with Gasteiger partial charge < -0.3 is 0 Å². The summed E-state index contributed by atoms with van der Waals surface area (Å²) in [6.07, 6.45) is 2.31. The smallest absolute Gasteiger partial charge is 0.0286 e. The molecule has 0 aliphatic carbocycles. The third kappa shape index (κ3) is 5.74. The van der Waals surface area contributed by atoms with Gasteiger partial charge in [0.15, 0.2) is 0 Å². The molecule has 0 aromatic rings. The van der Waals surface area contributed by atoms with Crippen LogP contribution in [0.3, 0.4) is 0 Å². The fraction of sp³-hybridized carbons (Fsp3) is 0.625. The van der Waals surface area contributed by atoms with Crippen molar-refractivity contribution in [1.29, 1.82) is 0 Å². The monoisotopic (exact) mass is 111 g/mol. The molecule has 0 amide bonds. The highest BCUT2D eigenvalue weighted by molar-refractivity contribution is 4.96. The summed E-state index contributed by atoms with van der Waals surface area (Å²) in [5.41, 5.74) is 1.05. The van der Waals surface area contributed by atoms with Crippen LogP contribution in [0.5, 0.6) is 0 Å². The van der Waals surface area contributed by atoms with Crippen LogP contribution in [0.4, 0.5) is 0 Å². The minimum atomic E-state index is 0.786. The molecule has 0 nitrogen and oxygen atoms in total. The summed E-state index contributed by atoms with van der Waals surface area (Å²) in [6.45, 7) is 11.9. The molecule has 0 heteroatoms. The van der Waals surface area contributed by atoms with E-state index in [0.29, 0.717) is 0 Å². The standard InChI is InChI=1S/C8H15/c1-7(2)5-6-8(3)4/h8H,1-2,5-6H2,3-4H3. The van der Waals surface area contributed by atoms with E-state index in [1.54, 1.807) is 0 Å². The number of allylic oxidation sites excluding steroid dienone is 1. The largest absolute Gasteiger partial charge is 0.0999 e. The Labute approximate surface area is 52.6 Å². The maximum atomic E-state index is 3.72. The zero-order chi connectivity index (χ0) is 6.57. The lowest BCUT2D eigenvalue weighted by Crippen LogP contribution is -1.86. The summed E-state index contributed by atoms with van der Waals surface area (Å²) in [4.78, 5) is 0. The van der Waals surface area contributed by atoms with Gasteiger partial charge in [0, 0.05) is 0 Å². The molecule has 8 heavy (non-hydrogen) atoms. The molecule has 0 spiro atoms. The van der Waals surface area contributed by atoms with Crippen LogP contribution in [0.1, 0.15) is 26.7 Å². The van der Waals surface area contributed by atoms with E-state index in [9.17, 15) is 0 Å². The van der Waals surface area contributed by atoms with Crippen LogP contribution in [0.15, 0.2) is 12.2 Å². The summed E-state index contributed by atoms with van der Waals surface area (Å²) in [6, 6.07) is 0. The first-order chi connectivity index (χ1) is 3.63. The van der Waals surface area contributed by atoms with Crippen molar-refractivity contribution in [1.82, 2.24) is 0 Å². The molecule has 0 rings (SSSR count). The maximum Gasteiger partial charge on any atom is -0.0286 e. The molecule has 0 aliphatic heterocycles. The molecule has 1 radical (unpaired) electrons. The average molecular weight is 111 g/mol. The maximum absolute atomic E-state index is 3.72. The Morgan fingerprint density at radius 1 is 1.50 bits per heavy atom. The normalized spacial score (nSPS) is 10.0. The topological polar surface area (TPSA) is 0 Å². The SMILES string of the molecule is [CH2]C(=C)CCC(C)C. The molecule has 0 saturated carbocycles. The van der Waals surface area contributed by atoms with Crippen molar-refractivity contribution in [2.45, 2.75) is 26.7 Å². The van der Waals surface area contributed by atoms with E-state index in [1.165, 1.54) is 6.42 Å². The van der Waals surface area contributed by atoms with E-state index in [1.807, 2.05) is 0 Å². The van der Waals surface area contributed by atoms with Gasteiger partial charge in [0.1, 0.15) is 0 Å². The third-order valence-electron chi connectivity index (χ3n) is 1.08. The molecule has 0 aliphatic rings. The van der Waals surface area contributed by atoms with Gasteiger partial charge in [-0.1, -0.05) is 26.0 Å². The van der Waals surface area contributed by atoms with Crippen LogP contribution in [-0.4, -0.2) is 0 Å². The average Bonchev–Trinajstić information content (AvgIpc) is 1.61. The minimum absolute atomic E-state index is 0.786. The zero-order valence-electron chi connectivity index (χ0n) is 5.91. The van der Waals surface area contributed by atoms with E-state index < -0.39 is 0 Å². The van der Waals surface area contributed by atoms with E-state index in [2.05, 4.69) is 27.4 Å². The molecule has 47 valence electrons. The predicted octanol–water partition coefficient (Wildman–Crippen LogP) is 2.81. The lowest BCUT2D eigenvalue weighted by Gasteiger charge is -2.01. The van der Waals surface area contributed by atoms with Gasteiger partial charge in [-0.25, -0.2) is 0 Å². The minimum Gasteiger partial charge on any atom is -0.0999 e. The lowest BCUT2D eigenvalue weighted by atomic mass is 10.1. The van der Waals surface area contributed by atoms with Crippen molar-refractivity contribution in [3.8, 4) is 0 Å². The second-order valence-corrected chi connectivity index (χ2v) is 2.68. The number of hydrogen-bond donors (Lipinski definition) is 0. The van der Waals surface area contributed by atoms with Gasteiger partial charge in [0.25, 0.3) is 0 Å². The van der Waals surface area contributed by atoms with Crippen LogP contribution in [0, 0.1) is 12.8 Å². The van der Waals surface area contributed by atoms with Gasteiger partial charge in [-0.15, -0.1) is 0 Å². The lowest BCUT2D eigenvalue weighted by molar-refractivity contribution is 0.588. The van der Waals surface area contributed by atoms with Crippen molar-refractivity contribution in [3.05, 3.63) is 19.1 Å². The molecular formula is C8H15. The van der Waals surface area contributed by atoms with Crippen molar-refractivity contribution >= 4 is 0 Å². The molecule has 0 bridgehead atoms. The summed E-state index contributed by atoms with van der Waals surface area (Å²) in [7, 11) is 0. The summed E-state index contributed by atoms with van der Waals surface area (Å²) in [5, 5.41) is 0. The van der Waals surface area contributed by atoms with Crippen LogP contribution in [-0.2, 0) is 0 Å². The summed E-state index contributed by atoms with van der Waals surface area (Å²) < 4.78 is 0. The molecule has 0 fully saturated rings. The summed E-state index contributed by atoms with van der Waals surface area (Å²) >= 11 is 0. The molecule has 0 atom stereocenters. The first-order valence-electron chi connectivity index (χ1n) is 3.12. The molecule has 0 saturated heterocycles. The highest BCUT2D eigenvalue weighted by Gasteiger charge is 1.91. The van der Waals surface area contributed by atoms with Crippen LogP contribution in [0.2, 0.25) is 0 Å². The van der Waals surface area contributed by atoms with Gasteiger partial charge in [-0.2, -0.15) is 0 Å². The van der Waals surface area contributed by atoms with Crippen molar-refractivity contribution in [2.24, 2.45) is 5.92 Å². The molecule has 0 heterocycles. The van der Waals surface area contributed by atoms with Crippen molar-refractivity contribution in [3.63, 3.8) is 0 Å². The van der Waals surface area contributed by atoms with Gasteiger partial charge in [-0.05, 0) is 25.7 Å². The van der Waals surface area contributed by atoms with Gasteiger partial charge in [0.05, 0.1) is 0 Å². The van der Waals surface area contributed by atoms with Gasteiger partial charge in [-0.3, -0.25) is 0 Å². The molecule has 0 unspecified atom stereocenters. The fourth-order valence-corrected chi connectivity index (χ4v) is 0.493. The Bertz CT molecular complexity index is 70.1. The predicted molar refractivity (Wildman–Crippen MR) is 38.6 cm³/mol. The molecule has 0 aromatic carbocycles. The van der Waals surface area contributed by atoms with Crippen molar-refractivity contribution in [2.75, 3.05) is 0 Å². The molecule has 0 aromatic heterocycles. The number of hydrogen-bond acceptors (Lipinski definition) is 0. The Morgan fingerprint density at radius 2 is 2.00 bits per heavy atom. The van der Waals surface area contributed by atoms with E-state index >= 15 is 0 Å². The molecule has 0 N–H and O–H groups in total. The van der Waals surface area contributed by atoms with Crippen LogP contribution >= 0.6 is 0 Å². The van der Waals surface area contributed by atoms with Gasteiger partial charge in [0.2, 0.25) is 0 Å². The van der Waals surface area contributed by atoms with E-state index in [0.717, 1.165) is 17.9 Å². The number of rotatable bonds is 3. The Hall–Kier alpha value is -0.260. The van der Waals surface area contributed by atoms with Crippen molar-refractivity contribution < 1.29 is 0 Å². The Kier molecular flexibility index (Phi) is 3.59. The zero-order valence-corrected chi connectivity index (χ0v) is 5.91. The molecular weight excluding hydrogens is 96.1 g/mol. The van der Waals surface area contributed by atoms with Gasteiger partial charge >= 0.3 is 0 Å². The highest BCUT2D eigenvalue weighted by Crippen LogP contribution is 2.07.